The predicted octanol–water partition coefficient (Wildman–Crippen LogP) is 3.53. The summed E-state index contributed by atoms with van der Waals surface area (Å²) in [5, 5.41) is 14.4. The predicted molar refractivity (Wildman–Crippen MR) is 119 cm³/mol. The van der Waals surface area contributed by atoms with Gasteiger partial charge in [0, 0.05) is 25.4 Å². The molecule has 0 bridgehead atoms. The molecule has 32 heavy (non-hydrogen) atoms. The van der Waals surface area contributed by atoms with Gasteiger partial charge >= 0.3 is 12.1 Å². The van der Waals surface area contributed by atoms with E-state index in [4.69, 9.17) is 9.84 Å². The molecule has 2 atom stereocenters. The van der Waals surface area contributed by atoms with Crippen LogP contribution in [0, 0.1) is 11.8 Å². The SMILES string of the molecule is O=C(CCCCNC(=O)OCC1c2ccccc2-c2ccccc21)NCC1CC1C(=O)O. The van der Waals surface area contributed by atoms with Crippen LogP contribution in [0.25, 0.3) is 11.1 Å². The molecule has 2 aromatic carbocycles. The van der Waals surface area contributed by atoms with Gasteiger partial charge in [-0.3, -0.25) is 9.59 Å². The molecule has 3 N–H and O–H groups in total. The molecule has 7 nitrogen and oxygen atoms in total. The molecule has 2 amide bonds. The first-order valence-corrected chi connectivity index (χ1v) is 11.1. The normalized spacial score (nSPS) is 18.4. The largest absolute Gasteiger partial charge is 0.481 e. The number of carbonyl (C=O) groups is 3. The number of hydrogen-bond donors (Lipinski definition) is 3. The van der Waals surface area contributed by atoms with E-state index < -0.39 is 12.1 Å². The highest BCUT2D eigenvalue weighted by molar-refractivity contribution is 5.79. The molecular weight excluding hydrogens is 408 g/mol. The molecule has 0 radical (unpaired) electrons. The molecule has 168 valence electrons. The Kier molecular flexibility index (Phi) is 6.73. The van der Waals surface area contributed by atoms with E-state index >= 15 is 0 Å². The highest BCUT2D eigenvalue weighted by atomic mass is 16.5. The fourth-order valence-corrected chi connectivity index (χ4v) is 4.36. The van der Waals surface area contributed by atoms with Crippen LogP contribution in [0.4, 0.5) is 4.79 Å². The number of ether oxygens (including phenoxy) is 1. The summed E-state index contributed by atoms with van der Waals surface area (Å²) in [7, 11) is 0. The summed E-state index contributed by atoms with van der Waals surface area (Å²) in [6, 6.07) is 16.4. The van der Waals surface area contributed by atoms with Crippen molar-refractivity contribution < 1.29 is 24.2 Å². The van der Waals surface area contributed by atoms with Crippen molar-refractivity contribution in [1.82, 2.24) is 10.6 Å². The summed E-state index contributed by atoms with van der Waals surface area (Å²) >= 11 is 0. The first-order valence-electron chi connectivity index (χ1n) is 11.1. The van der Waals surface area contributed by atoms with E-state index in [0.717, 1.165) is 0 Å². The fourth-order valence-electron chi connectivity index (χ4n) is 4.36. The number of carbonyl (C=O) groups excluding carboxylic acids is 2. The third-order valence-corrected chi connectivity index (χ3v) is 6.24. The van der Waals surface area contributed by atoms with Gasteiger partial charge in [0.25, 0.3) is 0 Å². The van der Waals surface area contributed by atoms with E-state index in [1.54, 1.807) is 0 Å². The second-order valence-electron chi connectivity index (χ2n) is 8.45. The lowest BCUT2D eigenvalue weighted by atomic mass is 9.98. The zero-order chi connectivity index (χ0) is 22.5. The van der Waals surface area contributed by atoms with Crippen molar-refractivity contribution in [1.29, 1.82) is 0 Å². The summed E-state index contributed by atoms with van der Waals surface area (Å²) in [6.45, 7) is 1.14. The van der Waals surface area contributed by atoms with Gasteiger partial charge in [-0.25, -0.2) is 4.79 Å². The zero-order valence-corrected chi connectivity index (χ0v) is 17.9. The minimum Gasteiger partial charge on any atom is -0.481 e. The molecular formula is C25H28N2O5. The number of fused-ring (bicyclic) bond motifs is 3. The van der Waals surface area contributed by atoms with Gasteiger partial charge < -0.3 is 20.5 Å². The first kappa shape index (κ1) is 21.9. The van der Waals surface area contributed by atoms with Crippen molar-refractivity contribution in [2.45, 2.75) is 31.6 Å². The summed E-state index contributed by atoms with van der Waals surface area (Å²) in [5.74, 6) is -1.09. The lowest BCUT2D eigenvalue weighted by molar-refractivity contribution is -0.139. The van der Waals surface area contributed by atoms with Crippen LogP contribution in [0.15, 0.2) is 48.5 Å². The molecule has 2 unspecified atom stereocenters. The number of carboxylic acids is 1. The maximum atomic E-state index is 12.1. The molecule has 2 aliphatic rings. The smallest absolute Gasteiger partial charge is 0.407 e. The van der Waals surface area contributed by atoms with Gasteiger partial charge in [0.05, 0.1) is 5.92 Å². The monoisotopic (exact) mass is 436 g/mol. The van der Waals surface area contributed by atoms with E-state index in [-0.39, 0.29) is 30.3 Å². The number of benzene rings is 2. The molecule has 0 saturated heterocycles. The number of carboxylic acid groups (broad SMARTS) is 1. The van der Waals surface area contributed by atoms with E-state index in [1.807, 2.05) is 24.3 Å². The van der Waals surface area contributed by atoms with Crippen LogP contribution in [0.3, 0.4) is 0 Å². The molecule has 1 fully saturated rings. The summed E-state index contributed by atoms with van der Waals surface area (Å²) < 4.78 is 5.49. The number of aliphatic carboxylic acids is 1. The van der Waals surface area contributed by atoms with Gasteiger partial charge in [0.2, 0.25) is 5.91 Å². The Morgan fingerprint density at radius 3 is 2.22 bits per heavy atom. The second-order valence-corrected chi connectivity index (χ2v) is 8.45. The first-order chi connectivity index (χ1) is 15.5. The lowest BCUT2D eigenvalue weighted by Gasteiger charge is -2.14. The van der Waals surface area contributed by atoms with E-state index in [1.165, 1.54) is 22.3 Å². The highest BCUT2D eigenvalue weighted by Crippen LogP contribution is 2.44. The number of hydrogen-bond acceptors (Lipinski definition) is 4. The Bertz CT molecular complexity index is 960. The molecule has 1 saturated carbocycles. The molecule has 2 aromatic rings. The Balaban J connectivity index is 1.12. The van der Waals surface area contributed by atoms with Gasteiger partial charge in [-0.15, -0.1) is 0 Å². The van der Waals surface area contributed by atoms with Crippen molar-refractivity contribution in [2.24, 2.45) is 11.8 Å². The third kappa shape index (κ3) is 5.10. The van der Waals surface area contributed by atoms with Gasteiger partial charge in [-0.2, -0.15) is 0 Å². The Hall–Kier alpha value is -3.35. The van der Waals surface area contributed by atoms with Crippen molar-refractivity contribution in [3.63, 3.8) is 0 Å². The molecule has 0 aromatic heterocycles. The Morgan fingerprint density at radius 1 is 0.938 bits per heavy atom. The second kappa shape index (κ2) is 9.85. The van der Waals surface area contributed by atoms with Crippen LogP contribution in [-0.4, -0.2) is 42.8 Å². The van der Waals surface area contributed by atoms with Crippen LogP contribution in [-0.2, 0) is 14.3 Å². The van der Waals surface area contributed by atoms with Crippen molar-refractivity contribution in [2.75, 3.05) is 19.7 Å². The van der Waals surface area contributed by atoms with Crippen LogP contribution in [0.2, 0.25) is 0 Å². The van der Waals surface area contributed by atoms with Gasteiger partial charge in [0.15, 0.2) is 0 Å². The van der Waals surface area contributed by atoms with Crippen molar-refractivity contribution in [3.05, 3.63) is 59.7 Å². The molecule has 7 heteroatoms. The van der Waals surface area contributed by atoms with E-state index in [2.05, 4.69) is 34.9 Å². The topological polar surface area (TPSA) is 105 Å². The summed E-state index contributed by atoms with van der Waals surface area (Å²) in [6.07, 6.45) is 1.85. The summed E-state index contributed by atoms with van der Waals surface area (Å²) in [5.41, 5.74) is 4.73. The molecule has 0 heterocycles. The standard InChI is InChI=1S/C25H28N2O5/c28-23(27-14-16-13-21(16)24(29)30)11-5-6-12-26-25(31)32-15-22-19-9-3-1-7-17(19)18-8-2-4-10-20(18)22/h1-4,7-10,16,21-22H,5-6,11-15H2,(H,26,31)(H,27,28)(H,29,30). The van der Waals surface area contributed by atoms with Gasteiger partial charge in [0.1, 0.15) is 6.61 Å². The molecule has 0 aliphatic heterocycles. The number of amides is 2. The zero-order valence-electron chi connectivity index (χ0n) is 17.9. The van der Waals surface area contributed by atoms with Crippen LogP contribution >= 0.6 is 0 Å². The maximum Gasteiger partial charge on any atom is 0.407 e. The number of unbranched alkanes of at least 4 members (excludes halogenated alkanes) is 1. The van der Waals surface area contributed by atoms with Gasteiger partial charge in [-0.05, 0) is 47.4 Å². The summed E-state index contributed by atoms with van der Waals surface area (Å²) in [4.78, 5) is 34.7. The Labute approximate surface area is 187 Å². The molecule has 4 rings (SSSR count). The van der Waals surface area contributed by atoms with Crippen molar-refractivity contribution >= 4 is 18.0 Å². The van der Waals surface area contributed by atoms with E-state index in [0.29, 0.717) is 38.8 Å². The maximum absolute atomic E-state index is 12.1. The average molecular weight is 437 g/mol. The highest BCUT2D eigenvalue weighted by Gasteiger charge is 2.42. The number of nitrogens with one attached hydrogen (secondary N) is 2. The van der Waals surface area contributed by atoms with Gasteiger partial charge in [-0.1, -0.05) is 48.5 Å². The number of rotatable bonds is 10. The quantitative estimate of drug-likeness (QED) is 0.494. The lowest BCUT2D eigenvalue weighted by Crippen LogP contribution is -2.28. The molecule has 0 spiro atoms. The average Bonchev–Trinajstić information content (AvgIpc) is 3.52. The van der Waals surface area contributed by atoms with E-state index in [9.17, 15) is 14.4 Å². The minimum atomic E-state index is -0.788. The molecule has 2 aliphatic carbocycles. The fraction of sp³-hybridized carbons (Fsp3) is 0.400. The number of alkyl carbamates (subject to hydrolysis) is 1. The van der Waals surface area contributed by atoms with Crippen molar-refractivity contribution in [3.8, 4) is 11.1 Å². The third-order valence-electron chi connectivity index (χ3n) is 6.24. The minimum absolute atomic E-state index is 0.0315. The van der Waals surface area contributed by atoms with Crippen LogP contribution in [0.1, 0.15) is 42.7 Å². The van der Waals surface area contributed by atoms with Crippen LogP contribution in [0.5, 0.6) is 0 Å². The Morgan fingerprint density at radius 2 is 1.59 bits per heavy atom. The van der Waals surface area contributed by atoms with Crippen LogP contribution < -0.4 is 10.6 Å².